The van der Waals surface area contributed by atoms with E-state index in [1.165, 1.54) is 36.5 Å². The fraction of sp³-hybridized carbons (Fsp3) is 0.167. The molecule has 1 amide bonds. The first-order valence-electron chi connectivity index (χ1n) is 10.0. The number of carbonyl (C=O) groups is 1. The van der Waals surface area contributed by atoms with Gasteiger partial charge in [-0.05, 0) is 73.4 Å². The maximum atomic E-state index is 13.3. The molecule has 3 rings (SSSR count). The Kier molecular flexibility index (Phi) is 7.79. The van der Waals surface area contributed by atoms with Gasteiger partial charge in [0, 0.05) is 5.02 Å². The van der Waals surface area contributed by atoms with E-state index in [9.17, 15) is 13.2 Å². The molecule has 0 bridgehead atoms. The maximum absolute atomic E-state index is 13.3. The Morgan fingerprint density at radius 2 is 1.70 bits per heavy atom. The zero-order valence-corrected chi connectivity index (χ0v) is 20.7. The number of anilines is 1. The summed E-state index contributed by atoms with van der Waals surface area (Å²) in [5.41, 5.74) is 6.74. The van der Waals surface area contributed by atoms with E-state index in [1.807, 2.05) is 32.9 Å². The molecule has 9 heteroatoms. The molecule has 6 nitrogen and oxygen atoms in total. The number of nitrogens with one attached hydrogen (secondary N) is 1. The average molecular weight is 504 g/mol. The lowest BCUT2D eigenvalue weighted by Gasteiger charge is -2.24. The molecule has 0 aliphatic carbocycles. The summed E-state index contributed by atoms with van der Waals surface area (Å²) in [4.78, 5) is 12.7. The van der Waals surface area contributed by atoms with Crippen LogP contribution in [0.2, 0.25) is 10.0 Å². The number of benzene rings is 3. The number of aryl methyl sites for hydroxylation is 1. The van der Waals surface area contributed by atoms with Gasteiger partial charge >= 0.3 is 0 Å². The van der Waals surface area contributed by atoms with Crippen molar-refractivity contribution < 1.29 is 13.2 Å². The Morgan fingerprint density at radius 3 is 2.36 bits per heavy atom. The quantitative estimate of drug-likeness (QED) is 0.352. The van der Waals surface area contributed by atoms with Crippen LogP contribution in [0.5, 0.6) is 0 Å². The van der Waals surface area contributed by atoms with Crippen molar-refractivity contribution in [3.63, 3.8) is 0 Å². The number of hydrazone groups is 1. The number of halogens is 2. The van der Waals surface area contributed by atoms with E-state index in [0.717, 1.165) is 26.6 Å². The first-order valence-corrected chi connectivity index (χ1v) is 12.2. The van der Waals surface area contributed by atoms with Crippen LogP contribution in [0.25, 0.3) is 0 Å². The molecule has 0 saturated heterocycles. The van der Waals surface area contributed by atoms with Gasteiger partial charge in [0.25, 0.3) is 15.9 Å². The predicted molar refractivity (Wildman–Crippen MR) is 134 cm³/mol. The summed E-state index contributed by atoms with van der Waals surface area (Å²) in [6, 6.07) is 16.1. The van der Waals surface area contributed by atoms with Crippen LogP contribution < -0.4 is 9.73 Å². The first kappa shape index (κ1) is 24.8. The van der Waals surface area contributed by atoms with Crippen LogP contribution in [-0.4, -0.2) is 27.1 Å². The normalized spacial score (nSPS) is 11.5. The second-order valence-corrected chi connectivity index (χ2v) is 10.1. The van der Waals surface area contributed by atoms with E-state index in [1.54, 1.807) is 18.2 Å². The van der Waals surface area contributed by atoms with Crippen LogP contribution in [0.1, 0.15) is 22.3 Å². The number of hydrogen-bond acceptors (Lipinski definition) is 4. The molecule has 0 radical (unpaired) electrons. The van der Waals surface area contributed by atoms with Crippen molar-refractivity contribution in [1.82, 2.24) is 5.43 Å². The summed E-state index contributed by atoms with van der Waals surface area (Å²) in [7, 11) is -4.09. The van der Waals surface area contributed by atoms with Gasteiger partial charge in [-0.2, -0.15) is 5.10 Å². The number of carbonyl (C=O) groups excluding carboxylic acids is 1. The van der Waals surface area contributed by atoms with E-state index < -0.39 is 22.5 Å². The highest BCUT2D eigenvalue weighted by atomic mass is 35.5. The van der Waals surface area contributed by atoms with Gasteiger partial charge < -0.3 is 0 Å². The molecule has 33 heavy (non-hydrogen) atoms. The van der Waals surface area contributed by atoms with Crippen molar-refractivity contribution in [2.45, 2.75) is 25.7 Å². The topological polar surface area (TPSA) is 78.8 Å². The van der Waals surface area contributed by atoms with Crippen LogP contribution in [0, 0.1) is 20.8 Å². The summed E-state index contributed by atoms with van der Waals surface area (Å²) < 4.78 is 27.6. The minimum absolute atomic E-state index is 0.0260. The van der Waals surface area contributed by atoms with Crippen LogP contribution in [0.4, 0.5) is 5.69 Å². The third-order valence-corrected chi connectivity index (χ3v) is 7.60. The van der Waals surface area contributed by atoms with Crippen LogP contribution in [-0.2, 0) is 14.8 Å². The highest BCUT2D eigenvalue weighted by Gasteiger charge is 2.28. The average Bonchev–Trinajstić information content (AvgIpc) is 2.78. The molecule has 0 heterocycles. The van der Waals surface area contributed by atoms with Gasteiger partial charge in [-0.3, -0.25) is 9.10 Å². The second kappa shape index (κ2) is 10.4. The summed E-state index contributed by atoms with van der Waals surface area (Å²) >= 11 is 12.2. The maximum Gasteiger partial charge on any atom is 0.264 e. The van der Waals surface area contributed by atoms with E-state index in [-0.39, 0.29) is 15.6 Å². The Morgan fingerprint density at radius 1 is 1.00 bits per heavy atom. The molecule has 0 saturated carbocycles. The fourth-order valence-corrected chi connectivity index (χ4v) is 5.18. The molecule has 3 aromatic rings. The number of rotatable bonds is 7. The number of sulfonamides is 1. The fourth-order valence-electron chi connectivity index (χ4n) is 3.16. The number of amides is 1. The van der Waals surface area contributed by atoms with Crippen LogP contribution >= 0.6 is 23.2 Å². The molecule has 0 aliphatic heterocycles. The highest BCUT2D eigenvalue weighted by molar-refractivity contribution is 7.92. The lowest BCUT2D eigenvalue weighted by molar-refractivity contribution is -0.119. The molecule has 0 atom stereocenters. The molecule has 3 aromatic carbocycles. The van der Waals surface area contributed by atoms with Gasteiger partial charge in [0.2, 0.25) is 0 Å². The molecular formula is C24H23Cl2N3O3S. The monoisotopic (exact) mass is 503 g/mol. The van der Waals surface area contributed by atoms with Gasteiger partial charge in [0.15, 0.2) is 0 Å². The lowest BCUT2D eigenvalue weighted by Crippen LogP contribution is -2.39. The largest absolute Gasteiger partial charge is 0.271 e. The van der Waals surface area contributed by atoms with Crippen molar-refractivity contribution in [3.05, 3.63) is 93.0 Å². The minimum Gasteiger partial charge on any atom is -0.271 e. The van der Waals surface area contributed by atoms with E-state index in [0.29, 0.717) is 5.02 Å². The predicted octanol–water partition coefficient (Wildman–Crippen LogP) is 5.26. The smallest absolute Gasteiger partial charge is 0.264 e. The van der Waals surface area contributed by atoms with Crippen molar-refractivity contribution in [2.24, 2.45) is 5.10 Å². The molecule has 0 unspecified atom stereocenters. The van der Waals surface area contributed by atoms with E-state index in [2.05, 4.69) is 10.5 Å². The molecule has 0 fully saturated rings. The Bertz CT molecular complexity index is 1310. The van der Waals surface area contributed by atoms with Crippen LogP contribution in [0.15, 0.2) is 70.7 Å². The Balaban J connectivity index is 1.87. The van der Waals surface area contributed by atoms with Crippen molar-refractivity contribution in [1.29, 1.82) is 0 Å². The van der Waals surface area contributed by atoms with Crippen molar-refractivity contribution in [3.8, 4) is 0 Å². The summed E-state index contributed by atoms with van der Waals surface area (Å²) in [5.74, 6) is -0.627. The number of nitrogens with zero attached hydrogens (tertiary/aromatic N) is 2. The van der Waals surface area contributed by atoms with Gasteiger partial charge in [-0.1, -0.05) is 53.5 Å². The number of hydrogen-bond donors (Lipinski definition) is 1. The van der Waals surface area contributed by atoms with Crippen molar-refractivity contribution >= 4 is 51.0 Å². The van der Waals surface area contributed by atoms with E-state index >= 15 is 0 Å². The zero-order chi connectivity index (χ0) is 24.2. The summed E-state index contributed by atoms with van der Waals surface area (Å²) in [5, 5.41) is 4.46. The van der Waals surface area contributed by atoms with Gasteiger partial charge in [-0.25, -0.2) is 13.8 Å². The summed E-state index contributed by atoms with van der Waals surface area (Å²) in [6.45, 7) is 5.49. The summed E-state index contributed by atoms with van der Waals surface area (Å²) in [6.07, 6.45) is 1.53. The Hall–Kier alpha value is -2.87. The third-order valence-electron chi connectivity index (χ3n) is 5.29. The lowest BCUT2D eigenvalue weighted by atomic mass is 10.00. The molecule has 172 valence electrons. The minimum atomic E-state index is -4.09. The first-order chi connectivity index (χ1) is 15.6. The standard InChI is InChI=1S/C24H23Cl2N3O3S/c1-16-9-10-19(18(3)17(16)2)14-27-28-24(30)15-29(23-12-11-20(25)13-22(23)26)33(31,32)21-7-5-4-6-8-21/h4-14H,15H2,1-3H3,(H,28,30)/b27-14-. The molecule has 0 spiro atoms. The molecular weight excluding hydrogens is 481 g/mol. The van der Waals surface area contributed by atoms with Gasteiger partial charge in [0.1, 0.15) is 6.54 Å². The second-order valence-electron chi connectivity index (χ2n) is 7.44. The van der Waals surface area contributed by atoms with Crippen molar-refractivity contribution in [2.75, 3.05) is 10.8 Å². The molecule has 0 aliphatic rings. The zero-order valence-electron chi connectivity index (χ0n) is 18.3. The van der Waals surface area contributed by atoms with Gasteiger partial charge in [-0.15, -0.1) is 0 Å². The van der Waals surface area contributed by atoms with Crippen LogP contribution in [0.3, 0.4) is 0 Å². The highest BCUT2D eigenvalue weighted by Crippen LogP contribution is 2.32. The SMILES string of the molecule is Cc1ccc(/C=N\NC(=O)CN(c2ccc(Cl)cc2Cl)S(=O)(=O)c2ccccc2)c(C)c1C. The Labute approximate surface area is 203 Å². The van der Waals surface area contributed by atoms with Gasteiger partial charge in [0.05, 0.1) is 21.8 Å². The molecule has 1 N–H and O–H groups in total. The third kappa shape index (κ3) is 5.74. The van der Waals surface area contributed by atoms with E-state index in [4.69, 9.17) is 23.2 Å². The molecule has 0 aromatic heterocycles.